The van der Waals surface area contributed by atoms with Gasteiger partial charge in [-0.15, -0.1) is 0 Å². The molecule has 0 N–H and O–H groups in total. The SMILES string of the molecule is CC1c2ccc(B3OC4(CCCC4)C4(CCCC4)O3)cc2C1C. The third-order valence-electron chi connectivity index (χ3n) is 7.43. The van der Waals surface area contributed by atoms with Crippen molar-refractivity contribution in [2.75, 3.05) is 0 Å². The van der Waals surface area contributed by atoms with Crippen molar-refractivity contribution in [2.24, 2.45) is 0 Å². The summed E-state index contributed by atoms with van der Waals surface area (Å²) in [5.74, 6) is 1.37. The zero-order valence-electron chi connectivity index (χ0n) is 14.4. The van der Waals surface area contributed by atoms with Crippen molar-refractivity contribution in [1.82, 2.24) is 0 Å². The molecule has 2 nitrogen and oxygen atoms in total. The van der Waals surface area contributed by atoms with Gasteiger partial charge in [0.15, 0.2) is 0 Å². The number of benzene rings is 1. The second-order valence-corrected chi connectivity index (χ2v) is 8.44. The molecule has 3 fully saturated rings. The molecule has 4 aliphatic rings. The molecule has 2 spiro atoms. The molecule has 0 bridgehead atoms. The van der Waals surface area contributed by atoms with E-state index in [1.165, 1.54) is 68.0 Å². The van der Waals surface area contributed by atoms with Gasteiger partial charge >= 0.3 is 7.12 Å². The molecular formula is C20H27BO2. The van der Waals surface area contributed by atoms with Gasteiger partial charge in [0.1, 0.15) is 0 Å². The molecule has 0 aromatic heterocycles. The molecule has 0 radical (unpaired) electrons. The Labute approximate surface area is 140 Å². The summed E-state index contributed by atoms with van der Waals surface area (Å²) in [5, 5.41) is 0. The maximum Gasteiger partial charge on any atom is 0.494 e. The van der Waals surface area contributed by atoms with Gasteiger partial charge in [-0.2, -0.15) is 0 Å². The molecule has 2 atom stereocenters. The molecule has 23 heavy (non-hydrogen) atoms. The summed E-state index contributed by atoms with van der Waals surface area (Å²) < 4.78 is 13.4. The predicted molar refractivity (Wildman–Crippen MR) is 93.2 cm³/mol. The molecule has 122 valence electrons. The first kappa shape index (κ1) is 14.5. The van der Waals surface area contributed by atoms with Crippen molar-refractivity contribution < 1.29 is 9.31 Å². The first-order valence-corrected chi connectivity index (χ1v) is 9.64. The lowest BCUT2D eigenvalue weighted by Gasteiger charge is -2.39. The average Bonchev–Trinajstić information content (AvgIpc) is 3.30. The van der Waals surface area contributed by atoms with Gasteiger partial charge in [0, 0.05) is 0 Å². The van der Waals surface area contributed by atoms with Crippen LogP contribution in [-0.2, 0) is 9.31 Å². The highest BCUT2D eigenvalue weighted by Gasteiger charge is 2.63. The second kappa shape index (κ2) is 4.86. The smallest absolute Gasteiger partial charge is 0.399 e. The molecule has 0 amide bonds. The predicted octanol–water partition coefficient (Wildman–Crippen LogP) is 4.27. The Balaban J connectivity index is 1.49. The van der Waals surface area contributed by atoms with Crippen molar-refractivity contribution in [3.8, 4) is 0 Å². The van der Waals surface area contributed by atoms with Gasteiger partial charge in [0.05, 0.1) is 11.2 Å². The molecule has 2 saturated carbocycles. The standard InChI is InChI=1S/C20H27BO2/c1-14-15(2)18-13-16(7-8-17(14)18)21-22-19(9-3-4-10-19)20(23-21)11-5-6-12-20/h7-8,13-15H,3-6,9-12H2,1-2H3. The summed E-state index contributed by atoms with van der Waals surface area (Å²) in [4.78, 5) is 0. The largest absolute Gasteiger partial charge is 0.494 e. The van der Waals surface area contributed by atoms with E-state index in [2.05, 4.69) is 32.0 Å². The van der Waals surface area contributed by atoms with E-state index in [9.17, 15) is 0 Å². The van der Waals surface area contributed by atoms with Crippen molar-refractivity contribution in [2.45, 2.75) is 88.3 Å². The lowest BCUT2D eigenvalue weighted by atomic mass is 9.66. The fraction of sp³-hybridized carbons (Fsp3) is 0.700. The average molecular weight is 310 g/mol. The summed E-state index contributed by atoms with van der Waals surface area (Å²) in [6, 6.07) is 6.92. The Morgan fingerprint density at radius 1 is 0.826 bits per heavy atom. The van der Waals surface area contributed by atoms with Gasteiger partial charge in [0.2, 0.25) is 0 Å². The zero-order valence-corrected chi connectivity index (χ0v) is 14.4. The fourth-order valence-corrected chi connectivity index (χ4v) is 5.82. The van der Waals surface area contributed by atoms with Crippen LogP contribution in [0.3, 0.4) is 0 Å². The van der Waals surface area contributed by atoms with Gasteiger partial charge in [-0.1, -0.05) is 57.7 Å². The number of hydrogen-bond acceptors (Lipinski definition) is 2. The first-order valence-electron chi connectivity index (χ1n) is 9.64. The maximum absolute atomic E-state index is 6.69. The van der Waals surface area contributed by atoms with Crippen LogP contribution in [0.25, 0.3) is 0 Å². The molecule has 2 unspecified atom stereocenters. The zero-order chi connectivity index (χ0) is 15.7. The third-order valence-corrected chi connectivity index (χ3v) is 7.43. The molecule has 1 aromatic carbocycles. The molecular weight excluding hydrogens is 283 g/mol. The van der Waals surface area contributed by atoms with Gasteiger partial charge in [-0.3, -0.25) is 0 Å². The van der Waals surface area contributed by atoms with E-state index in [1.54, 1.807) is 0 Å². The van der Waals surface area contributed by atoms with Crippen LogP contribution in [0.5, 0.6) is 0 Å². The van der Waals surface area contributed by atoms with E-state index >= 15 is 0 Å². The van der Waals surface area contributed by atoms with Gasteiger partial charge in [-0.25, -0.2) is 0 Å². The summed E-state index contributed by atoms with van der Waals surface area (Å²) in [7, 11) is -0.139. The molecule has 1 aliphatic heterocycles. The maximum atomic E-state index is 6.69. The normalized spacial score (nSPS) is 33.4. The lowest BCUT2D eigenvalue weighted by molar-refractivity contribution is -0.0400. The Bertz CT molecular complexity index is 605. The first-order chi connectivity index (χ1) is 11.1. The van der Waals surface area contributed by atoms with Gasteiger partial charge in [0.25, 0.3) is 0 Å². The van der Waals surface area contributed by atoms with E-state index in [0.29, 0.717) is 11.8 Å². The molecule has 5 rings (SSSR count). The summed E-state index contributed by atoms with van der Waals surface area (Å²) in [5.41, 5.74) is 4.30. The lowest BCUT2D eigenvalue weighted by Crippen LogP contribution is -2.47. The van der Waals surface area contributed by atoms with Crippen LogP contribution in [0.1, 0.15) is 88.2 Å². The van der Waals surface area contributed by atoms with Crippen LogP contribution in [0.2, 0.25) is 0 Å². The minimum Gasteiger partial charge on any atom is -0.399 e. The summed E-state index contributed by atoms with van der Waals surface area (Å²) >= 11 is 0. The van der Waals surface area contributed by atoms with E-state index < -0.39 is 0 Å². The van der Waals surface area contributed by atoms with Crippen LogP contribution < -0.4 is 5.46 Å². The molecule has 3 heteroatoms. The molecule has 1 aromatic rings. The highest BCUT2D eigenvalue weighted by molar-refractivity contribution is 6.62. The Kier molecular flexibility index (Phi) is 3.07. The van der Waals surface area contributed by atoms with Crippen LogP contribution in [0.15, 0.2) is 18.2 Å². The number of rotatable bonds is 1. The van der Waals surface area contributed by atoms with Gasteiger partial charge < -0.3 is 9.31 Å². The number of hydrogen-bond donors (Lipinski definition) is 0. The molecule has 1 saturated heterocycles. The Morgan fingerprint density at radius 3 is 1.91 bits per heavy atom. The van der Waals surface area contributed by atoms with Crippen LogP contribution in [0, 0.1) is 0 Å². The Hall–Kier alpha value is -0.795. The van der Waals surface area contributed by atoms with Crippen molar-refractivity contribution in [3.05, 3.63) is 29.3 Å². The topological polar surface area (TPSA) is 18.5 Å². The third kappa shape index (κ3) is 1.84. The minimum atomic E-state index is -0.139. The monoisotopic (exact) mass is 310 g/mol. The highest BCUT2D eigenvalue weighted by atomic mass is 16.7. The second-order valence-electron chi connectivity index (χ2n) is 8.44. The summed E-state index contributed by atoms with van der Waals surface area (Å²) in [6.07, 6.45) is 9.99. The minimum absolute atomic E-state index is 0.00995. The van der Waals surface area contributed by atoms with Crippen molar-refractivity contribution in [1.29, 1.82) is 0 Å². The quantitative estimate of drug-likeness (QED) is 0.721. The van der Waals surface area contributed by atoms with Crippen molar-refractivity contribution in [3.63, 3.8) is 0 Å². The fourth-order valence-electron chi connectivity index (χ4n) is 5.82. The van der Waals surface area contributed by atoms with Gasteiger partial charge in [-0.05, 0) is 54.1 Å². The molecule has 1 heterocycles. The van der Waals surface area contributed by atoms with E-state index in [4.69, 9.17) is 9.31 Å². The highest BCUT2D eigenvalue weighted by Crippen LogP contribution is 2.55. The molecule has 3 aliphatic carbocycles. The van der Waals surface area contributed by atoms with E-state index in [0.717, 1.165) is 0 Å². The number of fused-ring (bicyclic) bond motifs is 2. The van der Waals surface area contributed by atoms with Crippen LogP contribution in [0.4, 0.5) is 0 Å². The van der Waals surface area contributed by atoms with E-state index in [1.807, 2.05) is 0 Å². The van der Waals surface area contributed by atoms with Crippen LogP contribution >= 0.6 is 0 Å². The van der Waals surface area contributed by atoms with Crippen LogP contribution in [-0.4, -0.2) is 18.3 Å². The van der Waals surface area contributed by atoms with E-state index in [-0.39, 0.29) is 18.3 Å². The Morgan fingerprint density at radius 2 is 1.35 bits per heavy atom. The van der Waals surface area contributed by atoms with Crippen molar-refractivity contribution >= 4 is 12.6 Å². The summed E-state index contributed by atoms with van der Waals surface area (Å²) in [6.45, 7) is 4.67.